The van der Waals surface area contributed by atoms with E-state index in [9.17, 15) is 4.79 Å². The number of ether oxygens (including phenoxy) is 1. The number of hydrogen-bond acceptors (Lipinski definition) is 4. The van der Waals surface area contributed by atoms with Crippen LogP contribution >= 0.6 is 11.6 Å². The molecule has 5 rings (SSSR count). The van der Waals surface area contributed by atoms with Gasteiger partial charge < -0.3 is 19.4 Å². The molecular weight excluding hydrogens is 497 g/mol. The molecule has 1 aliphatic heterocycles. The van der Waals surface area contributed by atoms with E-state index in [0.717, 1.165) is 16.6 Å². The Morgan fingerprint density at radius 2 is 1.55 bits per heavy atom. The first-order chi connectivity index (χ1) is 18.2. The van der Waals surface area contributed by atoms with E-state index < -0.39 is 24.4 Å². The fraction of sp³-hybridized carbons (Fsp3) is 0.323. The van der Waals surface area contributed by atoms with Gasteiger partial charge in [0.15, 0.2) is 0 Å². The highest BCUT2D eigenvalue weighted by Crippen LogP contribution is 2.44. The highest BCUT2D eigenvalue weighted by atomic mass is 35.5. The van der Waals surface area contributed by atoms with E-state index in [1.165, 1.54) is 22.3 Å². The van der Waals surface area contributed by atoms with Crippen LogP contribution in [0.25, 0.3) is 17.2 Å². The predicted octanol–water partition coefficient (Wildman–Crippen LogP) is 6.98. The zero-order chi connectivity index (χ0) is 26.9. The summed E-state index contributed by atoms with van der Waals surface area (Å²) in [5.41, 5.74) is 6.52. The molecule has 1 N–H and O–H groups in total. The minimum Gasteiger partial charge on any atom is -0.449 e. The Balaban J connectivity index is 1.30. The number of fused-ring (bicyclic) bond motifs is 3. The Morgan fingerprint density at radius 3 is 2.16 bits per heavy atom. The number of alkyl carbamates (subject to hydrolysis) is 1. The number of nitrogens with one attached hydrogen (secondary N) is 1. The summed E-state index contributed by atoms with van der Waals surface area (Å²) < 4.78 is 18.3. The van der Waals surface area contributed by atoms with Gasteiger partial charge in [-0.3, -0.25) is 0 Å². The fourth-order valence-electron chi connectivity index (χ4n) is 5.00. The maximum Gasteiger partial charge on any atom is 0.492 e. The number of carbonyl (C=O) groups excluding carboxylic acids is 1. The highest BCUT2D eigenvalue weighted by Gasteiger charge is 2.52. The van der Waals surface area contributed by atoms with Gasteiger partial charge in [-0.1, -0.05) is 78.9 Å². The van der Waals surface area contributed by atoms with Crippen molar-refractivity contribution in [3.05, 3.63) is 101 Å². The molecule has 2 aliphatic rings. The fourth-order valence-corrected chi connectivity index (χ4v) is 5.17. The molecule has 196 valence electrons. The molecular formula is C31H33BClNO4. The van der Waals surface area contributed by atoms with Crippen LogP contribution in [0.15, 0.2) is 78.3 Å². The lowest BCUT2D eigenvalue weighted by Gasteiger charge is -2.32. The molecule has 1 aliphatic carbocycles. The van der Waals surface area contributed by atoms with Crippen molar-refractivity contribution in [3.8, 4) is 11.1 Å². The van der Waals surface area contributed by atoms with Gasteiger partial charge in [0.25, 0.3) is 0 Å². The molecule has 1 fully saturated rings. The van der Waals surface area contributed by atoms with Crippen LogP contribution in [-0.4, -0.2) is 37.6 Å². The molecule has 0 spiro atoms. The number of hydrogen-bond donors (Lipinski definition) is 1. The second-order valence-electron chi connectivity index (χ2n) is 10.9. The highest BCUT2D eigenvalue weighted by molar-refractivity contribution is 6.56. The lowest BCUT2D eigenvalue weighted by molar-refractivity contribution is 0.00578. The van der Waals surface area contributed by atoms with Crippen molar-refractivity contribution < 1.29 is 18.8 Å². The van der Waals surface area contributed by atoms with Crippen molar-refractivity contribution in [1.29, 1.82) is 0 Å². The zero-order valence-corrected chi connectivity index (χ0v) is 23.0. The quantitative estimate of drug-likeness (QED) is 0.265. The molecule has 1 heterocycles. The Labute approximate surface area is 230 Å². The van der Waals surface area contributed by atoms with Crippen LogP contribution in [0.3, 0.4) is 0 Å². The lowest BCUT2D eigenvalue weighted by atomic mass is 9.77. The van der Waals surface area contributed by atoms with Crippen LogP contribution in [0.2, 0.25) is 0 Å². The normalized spacial score (nSPS) is 17.7. The first-order valence-corrected chi connectivity index (χ1v) is 13.5. The molecule has 3 aromatic rings. The summed E-state index contributed by atoms with van der Waals surface area (Å²) in [6, 6.07) is 24.5. The topological polar surface area (TPSA) is 56.8 Å². The summed E-state index contributed by atoms with van der Waals surface area (Å²) in [6.07, 6.45) is 1.51. The first kappa shape index (κ1) is 26.5. The van der Waals surface area contributed by atoms with Crippen molar-refractivity contribution >= 4 is 30.9 Å². The Kier molecular flexibility index (Phi) is 7.41. The number of alkyl halides is 1. The average molecular weight is 530 g/mol. The van der Waals surface area contributed by atoms with Gasteiger partial charge in [0, 0.05) is 18.3 Å². The maximum atomic E-state index is 12.9. The average Bonchev–Trinajstić information content (AvgIpc) is 3.34. The summed E-state index contributed by atoms with van der Waals surface area (Å²) in [6.45, 7) is 8.52. The molecule has 0 aromatic heterocycles. The lowest BCUT2D eigenvalue weighted by Crippen LogP contribution is -2.41. The number of benzene rings is 3. The van der Waals surface area contributed by atoms with Crippen LogP contribution in [0.1, 0.15) is 55.9 Å². The maximum absolute atomic E-state index is 12.9. The molecule has 5 nitrogen and oxygen atoms in total. The van der Waals surface area contributed by atoms with E-state index in [0.29, 0.717) is 5.88 Å². The van der Waals surface area contributed by atoms with E-state index in [4.69, 9.17) is 25.6 Å². The van der Waals surface area contributed by atoms with Crippen LogP contribution in [-0.2, 0) is 19.9 Å². The number of rotatable bonds is 7. The second kappa shape index (κ2) is 10.6. The SMILES string of the molecule is CC1(C)OB(C(=Cc2cccc(CCl)c2)CNC(=O)OCC2c3ccccc3-c3ccccc32)OC1(C)C. The third-order valence-corrected chi connectivity index (χ3v) is 8.10. The molecule has 38 heavy (non-hydrogen) atoms. The second-order valence-corrected chi connectivity index (χ2v) is 11.1. The van der Waals surface area contributed by atoms with Gasteiger partial charge in [0.2, 0.25) is 0 Å². The Morgan fingerprint density at radius 1 is 0.947 bits per heavy atom. The zero-order valence-electron chi connectivity index (χ0n) is 22.3. The van der Waals surface area contributed by atoms with Crippen molar-refractivity contribution in [2.24, 2.45) is 0 Å². The number of halogens is 1. The van der Waals surface area contributed by atoms with Crippen molar-refractivity contribution in [2.75, 3.05) is 13.2 Å². The molecule has 0 radical (unpaired) electrons. The summed E-state index contributed by atoms with van der Waals surface area (Å²) >= 11 is 6.05. The minimum atomic E-state index is -0.603. The van der Waals surface area contributed by atoms with Gasteiger partial charge in [-0.15, -0.1) is 11.6 Å². The molecule has 1 saturated heterocycles. The third-order valence-electron chi connectivity index (χ3n) is 7.79. The number of amides is 1. The standard InChI is InChI=1S/C31H33BClNO4/c1-30(2)31(3,4)38-32(37-30)23(17-21-10-9-11-22(16-21)18-33)19-34-29(35)36-20-28-26-14-7-5-12-24(26)25-13-6-8-15-27(25)28/h5-17,28H,18-20H2,1-4H3,(H,34,35). The van der Waals surface area contributed by atoms with Gasteiger partial charge >= 0.3 is 13.2 Å². The van der Waals surface area contributed by atoms with E-state index in [-0.39, 0.29) is 19.1 Å². The smallest absolute Gasteiger partial charge is 0.449 e. The third kappa shape index (κ3) is 5.26. The van der Waals surface area contributed by atoms with Crippen LogP contribution in [0, 0.1) is 0 Å². The van der Waals surface area contributed by atoms with E-state index >= 15 is 0 Å². The van der Waals surface area contributed by atoms with Gasteiger partial charge in [0.05, 0.1) is 11.2 Å². The summed E-state index contributed by atoms with van der Waals surface area (Å²) in [4.78, 5) is 12.9. The Hall–Kier alpha value is -3.06. The molecule has 0 atom stereocenters. The first-order valence-electron chi connectivity index (χ1n) is 13.0. The van der Waals surface area contributed by atoms with E-state index in [1.807, 2.05) is 82.3 Å². The van der Waals surface area contributed by atoms with E-state index in [2.05, 4.69) is 29.6 Å². The predicted molar refractivity (Wildman–Crippen MR) is 153 cm³/mol. The summed E-state index contributed by atoms with van der Waals surface area (Å²) in [5.74, 6) is 0.426. The van der Waals surface area contributed by atoms with Crippen molar-refractivity contribution in [1.82, 2.24) is 5.32 Å². The summed E-state index contributed by atoms with van der Waals surface area (Å²) in [5, 5.41) is 2.92. The molecule has 7 heteroatoms. The van der Waals surface area contributed by atoms with Crippen LogP contribution < -0.4 is 5.32 Å². The molecule has 3 aromatic carbocycles. The van der Waals surface area contributed by atoms with Crippen LogP contribution in [0.5, 0.6) is 0 Å². The number of carbonyl (C=O) groups is 1. The molecule has 0 bridgehead atoms. The van der Waals surface area contributed by atoms with Crippen molar-refractivity contribution in [2.45, 2.75) is 50.7 Å². The van der Waals surface area contributed by atoms with E-state index in [1.54, 1.807) is 0 Å². The van der Waals surface area contributed by atoms with Crippen LogP contribution in [0.4, 0.5) is 4.79 Å². The Bertz CT molecular complexity index is 1310. The van der Waals surface area contributed by atoms with Gasteiger partial charge in [-0.05, 0) is 66.5 Å². The summed E-state index contributed by atoms with van der Waals surface area (Å²) in [7, 11) is -0.603. The molecule has 1 amide bonds. The van der Waals surface area contributed by atoms with Gasteiger partial charge in [0.1, 0.15) is 6.61 Å². The monoisotopic (exact) mass is 529 g/mol. The molecule has 0 saturated carbocycles. The minimum absolute atomic E-state index is 0.00421. The van der Waals surface area contributed by atoms with Gasteiger partial charge in [-0.25, -0.2) is 4.79 Å². The van der Waals surface area contributed by atoms with Gasteiger partial charge in [-0.2, -0.15) is 0 Å². The molecule has 0 unspecified atom stereocenters. The van der Waals surface area contributed by atoms with Crippen molar-refractivity contribution in [3.63, 3.8) is 0 Å². The largest absolute Gasteiger partial charge is 0.492 e.